The molecule has 2 rings (SSSR count). The van der Waals surface area contributed by atoms with E-state index < -0.39 is 11.0 Å². The zero-order valence-corrected chi connectivity index (χ0v) is 13.8. The highest BCUT2D eigenvalue weighted by Gasteiger charge is 2.06. The first-order valence-corrected chi connectivity index (χ1v) is 7.75. The van der Waals surface area contributed by atoms with E-state index in [1.54, 1.807) is 6.07 Å². The number of benzene rings is 2. The van der Waals surface area contributed by atoms with Crippen LogP contribution in [0.5, 0.6) is 0 Å². The average molecular weight is 338 g/mol. The van der Waals surface area contributed by atoms with Crippen molar-refractivity contribution in [3.63, 3.8) is 0 Å². The van der Waals surface area contributed by atoms with E-state index in [-0.39, 0.29) is 12.3 Å². The van der Waals surface area contributed by atoms with Crippen molar-refractivity contribution in [1.82, 2.24) is 5.32 Å². The van der Waals surface area contributed by atoms with Crippen LogP contribution in [0.25, 0.3) is 0 Å². The zero-order valence-electron chi connectivity index (χ0n) is 13.8. The molecule has 0 aliphatic heterocycles. The van der Waals surface area contributed by atoms with Gasteiger partial charge in [-0.2, -0.15) is 0 Å². The van der Waals surface area contributed by atoms with Gasteiger partial charge in [-0.25, -0.2) is 4.79 Å². The van der Waals surface area contributed by atoms with Gasteiger partial charge in [0.05, 0.1) is 4.92 Å². The third kappa shape index (κ3) is 5.99. The number of nitro groups is 1. The number of amides is 1. The molecular formula is C19H18N2O4. The predicted octanol–water partition coefficient (Wildman–Crippen LogP) is 3.57. The van der Waals surface area contributed by atoms with Crippen molar-refractivity contribution in [2.45, 2.75) is 20.0 Å². The van der Waals surface area contributed by atoms with Crippen LogP contribution >= 0.6 is 0 Å². The Morgan fingerprint density at radius 3 is 2.72 bits per heavy atom. The van der Waals surface area contributed by atoms with E-state index in [1.807, 2.05) is 37.3 Å². The molecule has 2 aromatic rings. The number of carbonyl (C=O) groups excluding carboxylic acids is 1. The van der Waals surface area contributed by atoms with E-state index in [4.69, 9.17) is 4.74 Å². The lowest BCUT2D eigenvalue weighted by Gasteiger charge is -2.05. The second kappa shape index (κ2) is 9.08. The lowest BCUT2D eigenvalue weighted by Crippen LogP contribution is -2.24. The van der Waals surface area contributed by atoms with Crippen LogP contribution in [0.1, 0.15) is 23.1 Å². The van der Waals surface area contributed by atoms with Gasteiger partial charge in [0, 0.05) is 30.7 Å². The van der Waals surface area contributed by atoms with E-state index in [2.05, 4.69) is 17.2 Å². The molecule has 6 heteroatoms. The van der Waals surface area contributed by atoms with E-state index in [0.717, 1.165) is 11.1 Å². The van der Waals surface area contributed by atoms with Gasteiger partial charge in [0.25, 0.3) is 5.69 Å². The summed E-state index contributed by atoms with van der Waals surface area (Å²) in [6, 6.07) is 14.0. The van der Waals surface area contributed by atoms with E-state index in [1.165, 1.54) is 12.1 Å². The zero-order chi connectivity index (χ0) is 18.1. The number of nitrogens with zero attached hydrogens (tertiary/aromatic N) is 1. The highest BCUT2D eigenvalue weighted by molar-refractivity contribution is 5.67. The van der Waals surface area contributed by atoms with Crippen LogP contribution in [0, 0.1) is 28.9 Å². The van der Waals surface area contributed by atoms with Crippen molar-refractivity contribution in [1.29, 1.82) is 0 Å². The van der Waals surface area contributed by atoms with Crippen LogP contribution in [-0.2, 0) is 11.3 Å². The maximum atomic E-state index is 11.6. The SMILES string of the molecule is Cc1ccc([N+](=O)[O-])cc1C#CCCNC(=O)OCc1ccccc1. The van der Waals surface area contributed by atoms with Crippen LogP contribution in [0.4, 0.5) is 10.5 Å². The second-order valence-electron chi connectivity index (χ2n) is 5.30. The standard InChI is InChI=1S/C19H18N2O4/c1-15-10-11-18(21(23)24)13-17(15)9-5-6-12-20-19(22)25-14-16-7-3-2-4-8-16/h2-4,7-8,10-11,13H,6,12,14H2,1H3,(H,20,22). The van der Waals surface area contributed by atoms with E-state index >= 15 is 0 Å². The Labute approximate surface area is 146 Å². The van der Waals surface area contributed by atoms with Crippen LogP contribution in [0.3, 0.4) is 0 Å². The topological polar surface area (TPSA) is 81.5 Å². The highest BCUT2D eigenvalue weighted by atomic mass is 16.6. The Bertz CT molecular complexity index is 807. The van der Waals surface area contributed by atoms with Crippen molar-refractivity contribution in [2.75, 3.05) is 6.54 Å². The number of nitrogens with one attached hydrogen (secondary N) is 1. The van der Waals surface area contributed by atoms with Crippen molar-refractivity contribution < 1.29 is 14.5 Å². The maximum absolute atomic E-state index is 11.6. The fourth-order valence-corrected chi connectivity index (χ4v) is 2.02. The molecule has 25 heavy (non-hydrogen) atoms. The molecule has 0 spiro atoms. The van der Waals surface area contributed by atoms with Gasteiger partial charge in [0.1, 0.15) is 6.61 Å². The number of ether oxygens (including phenoxy) is 1. The Balaban J connectivity index is 1.76. The normalized spacial score (nSPS) is 9.64. The van der Waals surface area contributed by atoms with Gasteiger partial charge in [0.15, 0.2) is 0 Å². The lowest BCUT2D eigenvalue weighted by molar-refractivity contribution is -0.384. The summed E-state index contributed by atoms with van der Waals surface area (Å²) in [6.07, 6.45) is -0.0834. The Morgan fingerprint density at radius 2 is 2.00 bits per heavy atom. The monoisotopic (exact) mass is 338 g/mol. The molecular weight excluding hydrogens is 320 g/mol. The molecule has 0 aliphatic rings. The second-order valence-corrected chi connectivity index (χ2v) is 5.30. The summed E-state index contributed by atoms with van der Waals surface area (Å²) in [5.74, 6) is 5.79. The van der Waals surface area contributed by atoms with Crippen molar-refractivity contribution in [2.24, 2.45) is 0 Å². The van der Waals surface area contributed by atoms with Crippen LogP contribution < -0.4 is 5.32 Å². The van der Waals surface area contributed by atoms with Gasteiger partial charge in [-0.1, -0.05) is 48.2 Å². The minimum atomic E-state index is -0.503. The quantitative estimate of drug-likeness (QED) is 0.391. The molecule has 128 valence electrons. The number of hydrogen-bond acceptors (Lipinski definition) is 4. The number of rotatable bonds is 5. The molecule has 0 aliphatic carbocycles. The molecule has 6 nitrogen and oxygen atoms in total. The smallest absolute Gasteiger partial charge is 0.407 e. The molecule has 0 saturated carbocycles. The third-order valence-corrected chi connectivity index (χ3v) is 3.39. The van der Waals surface area contributed by atoms with Gasteiger partial charge in [-0.15, -0.1) is 0 Å². The minimum absolute atomic E-state index is 0.0116. The van der Waals surface area contributed by atoms with Crippen molar-refractivity contribution in [3.8, 4) is 11.8 Å². The van der Waals surface area contributed by atoms with Crippen LogP contribution in [0.2, 0.25) is 0 Å². The summed E-state index contributed by atoms with van der Waals surface area (Å²) in [4.78, 5) is 21.9. The fourth-order valence-electron chi connectivity index (χ4n) is 2.02. The fraction of sp³-hybridized carbons (Fsp3) is 0.211. The summed E-state index contributed by atoms with van der Waals surface area (Å²) in [5.41, 5.74) is 2.41. The minimum Gasteiger partial charge on any atom is -0.445 e. The molecule has 0 unspecified atom stereocenters. The molecule has 0 saturated heterocycles. The number of hydrogen-bond donors (Lipinski definition) is 1. The van der Waals surface area contributed by atoms with Gasteiger partial charge >= 0.3 is 6.09 Å². The van der Waals surface area contributed by atoms with Gasteiger partial charge < -0.3 is 10.1 Å². The molecule has 0 bridgehead atoms. The lowest BCUT2D eigenvalue weighted by atomic mass is 10.1. The molecule has 0 atom stereocenters. The summed E-state index contributed by atoms with van der Waals surface area (Å²) < 4.78 is 5.08. The highest BCUT2D eigenvalue weighted by Crippen LogP contribution is 2.16. The number of nitro benzene ring substituents is 1. The summed E-state index contributed by atoms with van der Waals surface area (Å²) in [7, 11) is 0. The molecule has 1 N–H and O–H groups in total. The molecule has 0 radical (unpaired) electrons. The number of aryl methyl sites for hydroxylation is 1. The van der Waals surface area contributed by atoms with Crippen molar-refractivity contribution in [3.05, 3.63) is 75.3 Å². The maximum Gasteiger partial charge on any atom is 0.407 e. The first kappa shape index (κ1) is 18.0. The Kier molecular flexibility index (Phi) is 6.55. The van der Waals surface area contributed by atoms with E-state index in [0.29, 0.717) is 18.5 Å². The molecule has 2 aromatic carbocycles. The Hall–Kier alpha value is -3.33. The van der Waals surface area contributed by atoms with Gasteiger partial charge in [-0.3, -0.25) is 10.1 Å². The average Bonchev–Trinajstić information content (AvgIpc) is 2.61. The first-order valence-electron chi connectivity index (χ1n) is 7.75. The third-order valence-electron chi connectivity index (χ3n) is 3.39. The summed E-state index contributed by atoms with van der Waals surface area (Å²) in [5, 5.41) is 13.4. The van der Waals surface area contributed by atoms with Gasteiger partial charge in [0.2, 0.25) is 0 Å². The number of non-ortho nitro benzene ring substituents is 1. The molecule has 1 amide bonds. The molecule has 0 aromatic heterocycles. The summed E-state index contributed by atoms with van der Waals surface area (Å²) in [6.45, 7) is 2.40. The number of carbonyl (C=O) groups is 1. The molecule has 0 heterocycles. The molecule has 0 fully saturated rings. The van der Waals surface area contributed by atoms with Crippen LogP contribution in [0.15, 0.2) is 48.5 Å². The largest absolute Gasteiger partial charge is 0.445 e. The van der Waals surface area contributed by atoms with Crippen molar-refractivity contribution >= 4 is 11.8 Å². The summed E-state index contributed by atoms with van der Waals surface area (Å²) >= 11 is 0. The van der Waals surface area contributed by atoms with E-state index in [9.17, 15) is 14.9 Å². The van der Waals surface area contributed by atoms with Crippen LogP contribution in [-0.4, -0.2) is 17.6 Å². The predicted molar refractivity (Wildman–Crippen MR) is 94.0 cm³/mol. The Morgan fingerprint density at radius 1 is 1.24 bits per heavy atom. The van der Waals surface area contributed by atoms with Gasteiger partial charge in [-0.05, 0) is 18.1 Å². The first-order chi connectivity index (χ1) is 12.1. The number of alkyl carbamates (subject to hydrolysis) is 1.